The Morgan fingerprint density at radius 3 is 2.59 bits per heavy atom. The average Bonchev–Trinajstić information content (AvgIpc) is 3.66. The van der Waals surface area contributed by atoms with Crippen LogP contribution in [0.3, 0.4) is 0 Å². The summed E-state index contributed by atoms with van der Waals surface area (Å²) in [6, 6.07) is 15.3. The molecule has 6 aliphatic rings. The van der Waals surface area contributed by atoms with Gasteiger partial charge >= 0.3 is 0 Å². The molecule has 0 aromatic heterocycles. The molecule has 1 unspecified atom stereocenters. The van der Waals surface area contributed by atoms with Crippen molar-refractivity contribution in [1.82, 2.24) is 0 Å². The summed E-state index contributed by atoms with van der Waals surface area (Å²) in [6.45, 7) is 4.99. The Morgan fingerprint density at radius 1 is 0.973 bits per heavy atom. The number of rotatable bonds is 7. The second-order valence-electron chi connectivity index (χ2n) is 12.4. The van der Waals surface area contributed by atoms with Crippen LogP contribution in [0.15, 0.2) is 42.5 Å². The maximum Gasteiger partial charge on any atom is 0.206 e. The molecule has 0 radical (unpaired) electrons. The van der Waals surface area contributed by atoms with E-state index in [1.54, 1.807) is 14.2 Å². The number of quaternary nitrogens is 1. The summed E-state index contributed by atoms with van der Waals surface area (Å²) >= 11 is 0. The van der Waals surface area contributed by atoms with Crippen LogP contribution in [0.2, 0.25) is 0 Å². The van der Waals surface area contributed by atoms with Crippen molar-refractivity contribution in [1.29, 1.82) is 0 Å². The highest BCUT2D eigenvalue weighted by Gasteiger charge is 2.81. The van der Waals surface area contributed by atoms with Crippen molar-refractivity contribution in [3.05, 3.63) is 59.2 Å². The van der Waals surface area contributed by atoms with Crippen LogP contribution in [0.4, 0.5) is 0 Å². The van der Waals surface area contributed by atoms with Gasteiger partial charge in [-0.15, -0.1) is 0 Å². The number of morpholine rings is 1. The van der Waals surface area contributed by atoms with Crippen molar-refractivity contribution in [2.75, 3.05) is 40.5 Å². The zero-order valence-electron chi connectivity index (χ0n) is 22.0. The second kappa shape index (κ2) is 7.72. The number of hydrogen-bond donors (Lipinski definition) is 0. The average molecular weight is 505 g/mol. The summed E-state index contributed by atoms with van der Waals surface area (Å²) in [7, 11) is 3.55. The fourth-order valence-electron chi connectivity index (χ4n) is 9.29. The topological polar surface area (TPSA) is 46.2 Å². The maximum absolute atomic E-state index is 7.09. The van der Waals surface area contributed by atoms with Crippen molar-refractivity contribution in [3.8, 4) is 11.5 Å². The molecule has 6 nitrogen and oxygen atoms in total. The van der Waals surface area contributed by atoms with Crippen LogP contribution in [0.1, 0.15) is 48.8 Å². The number of methoxy groups -OCH3 is 2. The van der Waals surface area contributed by atoms with Crippen molar-refractivity contribution in [2.24, 2.45) is 5.92 Å². The Morgan fingerprint density at radius 2 is 1.81 bits per heavy atom. The Balaban J connectivity index is 1.29. The number of nitrogens with zero attached hydrogens (tertiary/aromatic N) is 1. The lowest BCUT2D eigenvalue weighted by Gasteiger charge is -2.70. The predicted molar refractivity (Wildman–Crippen MR) is 138 cm³/mol. The van der Waals surface area contributed by atoms with E-state index >= 15 is 0 Å². The normalized spacial score (nSPS) is 38.0. The largest absolute Gasteiger partial charge is 0.485 e. The summed E-state index contributed by atoms with van der Waals surface area (Å²) in [5.41, 5.74) is 3.35. The first-order valence-electron chi connectivity index (χ1n) is 14.2. The molecule has 3 aliphatic heterocycles. The fourth-order valence-corrected chi connectivity index (χ4v) is 9.29. The van der Waals surface area contributed by atoms with Crippen molar-refractivity contribution >= 4 is 0 Å². The van der Waals surface area contributed by atoms with Gasteiger partial charge in [-0.1, -0.05) is 36.4 Å². The molecule has 3 heterocycles. The molecule has 5 atom stereocenters. The van der Waals surface area contributed by atoms with Crippen LogP contribution in [0, 0.1) is 5.92 Å². The van der Waals surface area contributed by atoms with Gasteiger partial charge in [0.05, 0.1) is 25.1 Å². The molecule has 2 aromatic carbocycles. The van der Waals surface area contributed by atoms with Gasteiger partial charge in [-0.3, -0.25) is 0 Å². The molecule has 196 valence electrons. The van der Waals surface area contributed by atoms with Gasteiger partial charge in [0.15, 0.2) is 17.6 Å². The summed E-state index contributed by atoms with van der Waals surface area (Å²) in [5, 5.41) is 0. The number of benzene rings is 2. The van der Waals surface area contributed by atoms with Crippen molar-refractivity contribution < 1.29 is 28.2 Å². The van der Waals surface area contributed by atoms with E-state index in [4.69, 9.17) is 23.7 Å². The molecule has 2 saturated heterocycles. The van der Waals surface area contributed by atoms with E-state index in [1.165, 1.54) is 41.5 Å². The van der Waals surface area contributed by atoms with Gasteiger partial charge in [0, 0.05) is 45.0 Å². The molecular weight excluding hydrogens is 466 g/mol. The SMILES string of the molecule is COC1(OC)CC[C@]23OCC[N+]4(CC5CC5)CC[C@@]25c2c(ccc(OCc6ccccc6)c2O[C@@H]15)C[C@H]34. The second-order valence-corrected chi connectivity index (χ2v) is 12.4. The van der Waals surface area contributed by atoms with Gasteiger partial charge in [-0.05, 0) is 36.5 Å². The van der Waals surface area contributed by atoms with Crippen molar-refractivity contribution in [2.45, 2.75) is 74.1 Å². The standard InChI is InChI=1S/C31H38NO5/c1-33-31(34-2)13-12-30-25-18-23-10-11-24(35-20-22-6-4-3-5-7-22)27-26(23)29(30,28(31)37-27)14-15-32(25,16-17-36-30)19-21-8-9-21/h3-7,10-11,21,25,28H,8-9,12-20H2,1-2H3/q+1/t25-,28-,29+,30-,32?/m1/s1. The minimum atomic E-state index is -0.801. The van der Waals surface area contributed by atoms with Gasteiger partial charge in [0.2, 0.25) is 5.79 Å². The Kier molecular flexibility index (Phi) is 4.76. The van der Waals surface area contributed by atoms with Gasteiger partial charge in [-0.25, -0.2) is 0 Å². The summed E-state index contributed by atoms with van der Waals surface area (Å²) in [5.74, 6) is 1.81. The summed E-state index contributed by atoms with van der Waals surface area (Å²) in [4.78, 5) is 0. The fraction of sp³-hybridized carbons (Fsp3) is 0.613. The van der Waals surface area contributed by atoms with Crippen LogP contribution >= 0.6 is 0 Å². The van der Waals surface area contributed by atoms with Crippen LogP contribution in [-0.4, -0.2) is 68.5 Å². The molecular formula is C31H38NO5+. The minimum Gasteiger partial charge on any atom is -0.485 e. The van der Waals surface area contributed by atoms with Crippen LogP contribution in [-0.2, 0) is 32.7 Å². The van der Waals surface area contributed by atoms with E-state index in [9.17, 15) is 0 Å². The van der Waals surface area contributed by atoms with Crippen LogP contribution in [0.25, 0.3) is 0 Å². The monoisotopic (exact) mass is 504 g/mol. The number of ether oxygens (including phenoxy) is 5. The third kappa shape index (κ3) is 2.80. The van der Waals surface area contributed by atoms with E-state index in [1.807, 2.05) is 6.07 Å². The molecule has 3 aliphatic carbocycles. The molecule has 2 saturated carbocycles. The molecule has 2 aromatic rings. The molecule has 0 amide bonds. The lowest BCUT2D eigenvalue weighted by Crippen LogP contribution is -2.86. The first kappa shape index (κ1) is 22.8. The highest BCUT2D eigenvalue weighted by Crippen LogP contribution is 2.70. The molecule has 4 fully saturated rings. The van der Waals surface area contributed by atoms with E-state index in [2.05, 4.69) is 36.4 Å². The van der Waals surface area contributed by atoms with Crippen LogP contribution < -0.4 is 9.47 Å². The molecule has 2 spiro atoms. The zero-order chi connectivity index (χ0) is 24.9. The molecule has 0 N–H and O–H groups in total. The summed E-state index contributed by atoms with van der Waals surface area (Å²) < 4.78 is 34.3. The van der Waals surface area contributed by atoms with Crippen LogP contribution in [0.5, 0.6) is 11.5 Å². The molecule has 37 heavy (non-hydrogen) atoms. The van der Waals surface area contributed by atoms with Gasteiger partial charge in [-0.2, -0.15) is 0 Å². The minimum absolute atomic E-state index is 0.250. The van der Waals surface area contributed by atoms with E-state index in [0.29, 0.717) is 12.6 Å². The lowest BCUT2D eigenvalue weighted by atomic mass is 9.47. The number of piperidine rings is 1. The van der Waals surface area contributed by atoms with E-state index < -0.39 is 5.79 Å². The highest BCUT2D eigenvalue weighted by molar-refractivity contribution is 5.63. The predicted octanol–water partition coefficient (Wildman–Crippen LogP) is 4.37. The quantitative estimate of drug-likeness (QED) is 0.414. The smallest absolute Gasteiger partial charge is 0.206 e. The zero-order valence-corrected chi connectivity index (χ0v) is 22.0. The summed E-state index contributed by atoms with van der Waals surface area (Å²) in [6.07, 6.45) is 6.35. The first-order valence-corrected chi connectivity index (χ1v) is 14.2. The first-order chi connectivity index (χ1) is 18.1. The van der Waals surface area contributed by atoms with Gasteiger partial charge in [0.1, 0.15) is 24.8 Å². The van der Waals surface area contributed by atoms with Crippen molar-refractivity contribution in [3.63, 3.8) is 0 Å². The van der Waals surface area contributed by atoms with E-state index in [-0.39, 0.29) is 17.1 Å². The van der Waals surface area contributed by atoms with Gasteiger partial charge < -0.3 is 28.2 Å². The third-order valence-electron chi connectivity index (χ3n) is 11.0. The Hall–Kier alpha value is -2.12. The Labute approximate surface area is 219 Å². The maximum atomic E-state index is 7.09. The molecule has 8 rings (SSSR count). The molecule has 4 bridgehead atoms. The lowest BCUT2D eigenvalue weighted by molar-refractivity contribution is -0.977. The number of hydrogen-bond acceptors (Lipinski definition) is 5. The highest BCUT2D eigenvalue weighted by atomic mass is 16.7. The van der Waals surface area contributed by atoms with E-state index in [0.717, 1.165) is 61.8 Å². The Bertz CT molecular complexity index is 1230. The molecule has 6 heteroatoms. The van der Waals surface area contributed by atoms with Gasteiger partial charge in [0.25, 0.3) is 0 Å². The third-order valence-corrected chi connectivity index (χ3v) is 11.0.